The summed E-state index contributed by atoms with van der Waals surface area (Å²) in [5.74, 6) is 1.78. The summed E-state index contributed by atoms with van der Waals surface area (Å²) in [5, 5.41) is 0. The Labute approximate surface area is 162 Å². The van der Waals surface area contributed by atoms with Gasteiger partial charge in [-0.2, -0.15) is 0 Å². The Morgan fingerprint density at radius 1 is 1.00 bits per heavy atom. The second kappa shape index (κ2) is 8.56. The van der Waals surface area contributed by atoms with E-state index in [2.05, 4.69) is 20.8 Å². The molecule has 0 N–H and O–H groups in total. The molecule has 0 spiro atoms. The summed E-state index contributed by atoms with van der Waals surface area (Å²) in [6.07, 6.45) is 0. The third-order valence-corrected chi connectivity index (χ3v) is 5.16. The van der Waals surface area contributed by atoms with Crippen molar-refractivity contribution in [2.24, 2.45) is 0 Å². The highest BCUT2D eigenvalue weighted by atomic mass is 79.9. The molecular formula is C20H23BrN2O3. The molecule has 0 aromatic heterocycles. The lowest BCUT2D eigenvalue weighted by atomic mass is 10.1. The van der Waals surface area contributed by atoms with E-state index in [0.717, 1.165) is 59.8 Å². The standard InChI is InChI=1S/C20H23BrN2O3/c1-25-18-7-8-19(26-2)16(13-18)14-22-9-11-23(12-10-22)20(24)15-3-5-17(21)6-4-15/h3-8,13H,9-12,14H2,1-2H3. The summed E-state index contributed by atoms with van der Waals surface area (Å²) in [6, 6.07) is 13.4. The summed E-state index contributed by atoms with van der Waals surface area (Å²) in [7, 11) is 3.35. The van der Waals surface area contributed by atoms with Crippen LogP contribution in [0.5, 0.6) is 11.5 Å². The highest BCUT2D eigenvalue weighted by Gasteiger charge is 2.23. The molecule has 0 unspecified atom stereocenters. The number of piperazine rings is 1. The fourth-order valence-electron chi connectivity index (χ4n) is 3.13. The molecule has 3 rings (SSSR count). The predicted molar refractivity (Wildman–Crippen MR) is 105 cm³/mol. The van der Waals surface area contributed by atoms with E-state index in [0.29, 0.717) is 0 Å². The van der Waals surface area contributed by atoms with E-state index < -0.39 is 0 Å². The maximum atomic E-state index is 12.6. The maximum Gasteiger partial charge on any atom is 0.253 e. The fraction of sp³-hybridized carbons (Fsp3) is 0.350. The molecule has 0 radical (unpaired) electrons. The Bertz CT molecular complexity index is 756. The van der Waals surface area contributed by atoms with Crippen molar-refractivity contribution in [3.05, 3.63) is 58.1 Å². The number of ether oxygens (including phenoxy) is 2. The number of halogens is 1. The Morgan fingerprint density at radius 3 is 2.31 bits per heavy atom. The van der Waals surface area contributed by atoms with Gasteiger partial charge >= 0.3 is 0 Å². The number of hydrogen-bond acceptors (Lipinski definition) is 4. The summed E-state index contributed by atoms with van der Waals surface area (Å²) in [6.45, 7) is 3.90. The van der Waals surface area contributed by atoms with Crippen LogP contribution in [0.2, 0.25) is 0 Å². The molecule has 6 heteroatoms. The Balaban J connectivity index is 1.60. The molecule has 26 heavy (non-hydrogen) atoms. The van der Waals surface area contributed by atoms with Crippen LogP contribution < -0.4 is 9.47 Å². The van der Waals surface area contributed by atoms with Crippen molar-refractivity contribution < 1.29 is 14.3 Å². The van der Waals surface area contributed by atoms with Crippen molar-refractivity contribution in [1.82, 2.24) is 9.80 Å². The number of hydrogen-bond donors (Lipinski definition) is 0. The highest BCUT2D eigenvalue weighted by molar-refractivity contribution is 9.10. The second-order valence-electron chi connectivity index (χ2n) is 6.25. The van der Waals surface area contributed by atoms with E-state index >= 15 is 0 Å². The first-order chi connectivity index (χ1) is 12.6. The molecule has 2 aromatic rings. The van der Waals surface area contributed by atoms with Crippen LogP contribution in [0.4, 0.5) is 0 Å². The maximum absolute atomic E-state index is 12.6. The molecule has 1 heterocycles. The van der Waals surface area contributed by atoms with Crippen LogP contribution in [0.1, 0.15) is 15.9 Å². The van der Waals surface area contributed by atoms with E-state index in [-0.39, 0.29) is 5.91 Å². The Kier molecular flexibility index (Phi) is 6.16. The largest absolute Gasteiger partial charge is 0.497 e. The molecule has 1 amide bonds. The van der Waals surface area contributed by atoms with Gasteiger partial charge in [-0.25, -0.2) is 0 Å². The number of nitrogens with zero attached hydrogens (tertiary/aromatic N) is 2. The quantitative estimate of drug-likeness (QED) is 0.745. The molecule has 0 atom stereocenters. The first-order valence-electron chi connectivity index (χ1n) is 8.59. The van der Waals surface area contributed by atoms with Crippen LogP contribution in [0.15, 0.2) is 46.9 Å². The molecule has 1 saturated heterocycles. The van der Waals surface area contributed by atoms with Gasteiger partial charge in [-0.3, -0.25) is 9.69 Å². The molecule has 138 valence electrons. The van der Waals surface area contributed by atoms with E-state index in [9.17, 15) is 4.79 Å². The molecule has 1 aliphatic rings. The van der Waals surface area contributed by atoms with Gasteiger partial charge in [0.25, 0.3) is 5.91 Å². The smallest absolute Gasteiger partial charge is 0.253 e. The van der Waals surface area contributed by atoms with Gasteiger partial charge in [-0.05, 0) is 42.5 Å². The lowest BCUT2D eigenvalue weighted by molar-refractivity contribution is 0.0627. The molecule has 0 bridgehead atoms. The lowest BCUT2D eigenvalue weighted by Gasteiger charge is -2.35. The zero-order chi connectivity index (χ0) is 18.5. The van der Waals surface area contributed by atoms with E-state index in [4.69, 9.17) is 9.47 Å². The van der Waals surface area contributed by atoms with E-state index in [1.54, 1.807) is 14.2 Å². The number of carbonyl (C=O) groups is 1. The first kappa shape index (κ1) is 18.7. The third-order valence-electron chi connectivity index (χ3n) is 4.63. The van der Waals surface area contributed by atoms with Crippen molar-refractivity contribution in [1.29, 1.82) is 0 Å². The number of rotatable bonds is 5. The molecule has 2 aromatic carbocycles. The van der Waals surface area contributed by atoms with Crippen LogP contribution in [-0.4, -0.2) is 56.1 Å². The van der Waals surface area contributed by atoms with Crippen LogP contribution in [0.3, 0.4) is 0 Å². The van der Waals surface area contributed by atoms with E-state index in [1.165, 1.54) is 0 Å². The Morgan fingerprint density at radius 2 is 1.69 bits per heavy atom. The highest BCUT2D eigenvalue weighted by Crippen LogP contribution is 2.25. The SMILES string of the molecule is COc1ccc(OC)c(CN2CCN(C(=O)c3ccc(Br)cc3)CC2)c1. The predicted octanol–water partition coefficient (Wildman–Crippen LogP) is 3.42. The molecule has 0 aliphatic carbocycles. The van der Waals surface area contributed by atoms with Crippen molar-refractivity contribution in [3.8, 4) is 11.5 Å². The average molecular weight is 419 g/mol. The number of methoxy groups -OCH3 is 2. The minimum atomic E-state index is 0.0936. The summed E-state index contributed by atoms with van der Waals surface area (Å²) < 4.78 is 11.8. The van der Waals surface area contributed by atoms with Gasteiger partial charge in [0.15, 0.2) is 0 Å². The van der Waals surface area contributed by atoms with Crippen LogP contribution in [0.25, 0.3) is 0 Å². The molecule has 0 saturated carbocycles. The summed E-state index contributed by atoms with van der Waals surface area (Å²) >= 11 is 3.40. The molecule has 5 nitrogen and oxygen atoms in total. The van der Waals surface area contributed by atoms with Gasteiger partial charge in [0, 0.05) is 48.3 Å². The third kappa shape index (κ3) is 4.37. The van der Waals surface area contributed by atoms with Gasteiger partial charge in [-0.1, -0.05) is 15.9 Å². The van der Waals surface area contributed by atoms with Gasteiger partial charge < -0.3 is 14.4 Å². The fourth-order valence-corrected chi connectivity index (χ4v) is 3.39. The molecular weight excluding hydrogens is 396 g/mol. The lowest BCUT2D eigenvalue weighted by Crippen LogP contribution is -2.48. The van der Waals surface area contributed by atoms with Crippen molar-refractivity contribution in [3.63, 3.8) is 0 Å². The average Bonchev–Trinajstić information content (AvgIpc) is 2.68. The first-order valence-corrected chi connectivity index (χ1v) is 9.38. The molecule has 1 aliphatic heterocycles. The second-order valence-corrected chi connectivity index (χ2v) is 7.17. The van der Waals surface area contributed by atoms with Crippen molar-refractivity contribution in [2.45, 2.75) is 6.54 Å². The summed E-state index contributed by atoms with van der Waals surface area (Å²) in [4.78, 5) is 16.9. The number of carbonyl (C=O) groups excluding carboxylic acids is 1. The zero-order valence-corrected chi connectivity index (χ0v) is 16.7. The molecule has 1 fully saturated rings. The van der Waals surface area contributed by atoms with Crippen LogP contribution in [-0.2, 0) is 6.54 Å². The van der Waals surface area contributed by atoms with Gasteiger partial charge in [0.05, 0.1) is 14.2 Å². The Hall–Kier alpha value is -2.05. The monoisotopic (exact) mass is 418 g/mol. The van der Waals surface area contributed by atoms with E-state index in [1.807, 2.05) is 47.4 Å². The zero-order valence-electron chi connectivity index (χ0n) is 15.1. The van der Waals surface area contributed by atoms with Gasteiger partial charge in [-0.15, -0.1) is 0 Å². The number of benzene rings is 2. The number of amides is 1. The van der Waals surface area contributed by atoms with Gasteiger partial charge in [0.1, 0.15) is 11.5 Å². The summed E-state index contributed by atoms with van der Waals surface area (Å²) in [5.41, 5.74) is 1.83. The topological polar surface area (TPSA) is 42.0 Å². The minimum Gasteiger partial charge on any atom is -0.497 e. The van der Waals surface area contributed by atoms with Crippen molar-refractivity contribution in [2.75, 3.05) is 40.4 Å². The van der Waals surface area contributed by atoms with Crippen LogP contribution in [0, 0.1) is 0 Å². The normalized spacial score (nSPS) is 15.0. The van der Waals surface area contributed by atoms with Crippen LogP contribution >= 0.6 is 15.9 Å². The van der Waals surface area contributed by atoms with Gasteiger partial charge in [0.2, 0.25) is 0 Å². The minimum absolute atomic E-state index is 0.0936. The van der Waals surface area contributed by atoms with Crippen molar-refractivity contribution >= 4 is 21.8 Å².